The number of ketones is 1. The smallest absolute Gasteiger partial charge is 0.341 e. The lowest BCUT2D eigenvalue weighted by Gasteiger charge is -2.05. The first kappa shape index (κ1) is 16.2. The molecule has 1 heterocycles. The topological polar surface area (TPSA) is 56.5 Å². The maximum absolute atomic E-state index is 12.1. The number of hydrogen-bond donors (Lipinski definition) is 0. The number of carbonyl (C=O) groups excluding carboxylic acids is 2. The van der Waals surface area contributed by atoms with E-state index in [4.69, 9.17) is 9.15 Å². The van der Waals surface area contributed by atoms with Crippen LogP contribution < -0.4 is 0 Å². The number of hydrogen-bond acceptors (Lipinski definition) is 4. The Hall–Kier alpha value is -2.66. The Morgan fingerprint density at radius 3 is 2.08 bits per heavy atom. The van der Waals surface area contributed by atoms with E-state index < -0.39 is 5.97 Å². The molecule has 3 aromatic rings. The Kier molecular flexibility index (Phi) is 4.91. The Morgan fingerprint density at radius 2 is 1.50 bits per heavy atom. The highest BCUT2D eigenvalue weighted by molar-refractivity contribution is 9.10. The summed E-state index contributed by atoms with van der Waals surface area (Å²) in [5.41, 5.74) is 2.85. The third-order valence-electron chi connectivity index (χ3n) is 3.48. The zero-order valence-corrected chi connectivity index (χ0v) is 14.2. The summed E-state index contributed by atoms with van der Waals surface area (Å²) in [4.78, 5) is 23.8. The molecular formula is C19H13BrO4. The Morgan fingerprint density at radius 1 is 0.875 bits per heavy atom. The number of halogens is 1. The van der Waals surface area contributed by atoms with E-state index in [9.17, 15) is 9.59 Å². The standard InChI is InChI=1S/C19H13BrO4/c20-17-7-5-14(6-8-17)13-1-3-15(4-2-13)18(21)12-24-19(22)16-9-10-23-11-16/h1-11H,12H2. The van der Waals surface area contributed by atoms with Gasteiger partial charge in [-0.3, -0.25) is 4.79 Å². The molecule has 0 aliphatic carbocycles. The summed E-state index contributed by atoms with van der Waals surface area (Å²) in [7, 11) is 0. The molecule has 0 atom stereocenters. The number of ether oxygens (including phenoxy) is 1. The van der Waals surface area contributed by atoms with E-state index in [1.807, 2.05) is 36.4 Å². The van der Waals surface area contributed by atoms with Crippen LogP contribution in [0.3, 0.4) is 0 Å². The molecule has 0 bridgehead atoms. The molecule has 0 aliphatic heterocycles. The molecule has 0 fully saturated rings. The molecule has 1 aromatic heterocycles. The van der Waals surface area contributed by atoms with Crippen LogP contribution in [0, 0.1) is 0 Å². The first-order valence-electron chi connectivity index (χ1n) is 7.22. The van der Waals surface area contributed by atoms with Gasteiger partial charge in [-0.2, -0.15) is 0 Å². The first-order valence-corrected chi connectivity index (χ1v) is 8.01. The number of furan rings is 1. The van der Waals surface area contributed by atoms with Crippen molar-refractivity contribution in [1.82, 2.24) is 0 Å². The van der Waals surface area contributed by atoms with Crippen LogP contribution in [0.4, 0.5) is 0 Å². The van der Waals surface area contributed by atoms with Crippen LogP contribution in [-0.2, 0) is 4.74 Å². The van der Waals surface area contributed by atoms with Gasteiger partial charge in [0.1, 0.15) is 6.26 Å². The molecule has 5 heteroatoms. The van der Waals surface area contributed by atoms with Crippen molar-refractivity contribution in [3.8, 4) is 11.1 Å². The Labute approximate surface area is 147 Å². The summed E-state index contributed by atoms with van der Waals surface area (Å²) < 4.78 is 10.8. The minimum atomic E-state index is -0.580. The van der Waals surface area contributed by atoms with Crippen molar-refractivity contribution in [2.45, 2.75) is 0 Å². The summed E-state index contributed by atoms with van der Waals surface area (Å²) in [6.45, 7) is -0.304. The molecule has 0 amide bonds. The van der Waals surface area contributed by atoms with Crippen LogP contribution >= 0.6 is 15.9 Å². The van der Waals surface area contributed by atoms with E-state index >= 15 is 0 Å². The van der Waals surface area contributed by atoms with Gasteiger partial charge in [-0.25, -0.2) is 4.79 Å². The van der Waals surface area contributed by atoms with Gasteiger partial charge in [0.05, 0.1) is 11.8 Å². The monoisotopic (exact) mass is 384 g/mol. The molecule has 2 aromatic carbocycles. The largest absolute Gasteiger partial charge is 0.472 e. The van der Waals surface area contributed by atoms with Gasteiger partial charge in [-0.05, 0) is 29.3 Å². The van der Waals surface area contributed by atoms with Gasteiger partial charge >= 0.3 is 5.97 Å². The normalized spacial score (nSPS) is 10.4. The predicted molar refractivity (Wildman–Crippen MR) is 92.9 cm³/mol. The quantitative estimate of drug-likeness (QED) is 0.470. The van der Waals surface area contributed by atoms with Gasteiger partial charge in [0.15, 0.2) is 12.4 Å². The van der Waals surface area contributed by atoms with Crippen LogP contribution in [0.5, 0.6) is 0 Å². The summed E-state index contributed by atoms with van der Waals surface area (Å²) in [6.07, 6.45) is 2.65. The van der Waals surface area contributed by atoms with Crippen LogP contribution in [0.2, 0.25) is 0 Å². The highest BCUT2D eigenvalue weighted by atomic mass is 79.9. The van der Waals surface area contributed by atoms with E-state index in [2.05, 4.69) is 15.9 Å². The molecule has 4 nitrogen and oxygen atoms in total. The average Bonchev–Trinajstić information content (AvgIpc) is 3.15. The first-order chi connectivity index (χ1) is 11.6. The lowest BCUT2D eigenvalue weighted by molar-refractivity contribution is 0.0474. The minimum Gasteiger partial charge on any atom is -0.472 e. The average molecular weight is 385 g/mol. The van der Waals surface area contributed by atoms with Gasteiger partial charge in [-0.15, -0.1) is 0 Å². The van der Waals surface area contributed by atoms with Crippen molar-refractivity contribution < 1.29 is 18.7 Å². The third-order valence-corrected chi connectivity index (χ3v) is 4.00. The maximum atomic E-state index is 12.1. The van der Waals surface area contributed by atoms with E-state index in [1.54, 1.807) is 12.1 Å². The van der Waals surface area contributed by atoms with Crippen LogP contribution in [0.15, 0.2) is 76.0 Å². The lowest BCUT2D eigenvalue weighted by Crippen LogP contribution is -2.13. The molecule has 0 spiro atoms. The van der Waals surface area contributed by atoms with Gasteiger partial charge in [0.2, 0.25) is 0 Å². The molecule has 0 radical (unpaired) electrons. The fourth-order valence-corrected chi connectivity index (χ4v) is 2.43. The molecule has 0 N–H and O–H groups in total. The number of esters is 1. The number of carbonyl (C=O) groups is 2. The van der Waals surface area contributed by atoms with Crippen molar-refractivity contribution >= 4 is 27.7 Å². The van der Waals surface area contributed by atoms with Gasteiger partial charge < -0.3 is 9.15 Å². The maximum Gasteiger partial charge on any atom is 0.341 e. The second kappa shape index (κ2) is 7.27. The van der Waals surface area contributed by atoms with Crippen molar-refractivity contribution in [2.75, 3.05) is 6.61 Å². The number of benzene rings is 2. The summed E-state index contributed by atoms with van der Waals surface area (Å²) >= 11 is 3.40. The molecule has 3 rings (SSSR count). The van der Waals surface area contributed by atoms with Gasteiger partial charge in [-0.1, -0.05) is 52.3 Å². The molecule has 120 valence electrons. The fraction of sp³-hybridized carbons (Fsp3) is 0.0526. The van der Waals surface area contributed by atoms with Crippen LogP contribution in [0.1, 0.15) is 20.7 Å². The lowest BCUT2D eigenvalue weighted by atomic mass is 10.0. The summed E-state index contributed by atoms with van der Waals surface area (Å²) in [5, 5.41) is 0. The van der Waals surface area contributed by atoms with Gasteiger partial charge in [0.25, 0.3) is 0 Å². The number of Topliss-reactive ketones (excluding diaryl/α,β-unsaturated/α-hetero) is 1. The van der Waals surface area contributed by atoms with Crippen molar-refractivity contribution in [3.63, 3.8) is 0 Å². The Balaban J connectivity index is 1.63. The second-order valence-corrected chi connectivity index (χ2v) is 6.01. The third kappa shape index (κ3) is 3.81. The molecular weight excluding hydrogens is 372 g/mol. The zero-order chi connectivity index (χ0) is 16.9. The Bertz CT molecular complexity index is 834. The molecule has 0 saturated carbocycles. The van der Waals surface area contributed by atoms with E-state index in [0.717, 1.165) is 15.6 Å². The van der Waals surface area contributed by atoms with Gasteiger partial charge in [0, 0.05) is 10.0 Å². The van der Waals surface area contributed by atoms with Crippen LogP contribution in [-0.4, -0.2) is 18.4 Å². The molecule has 24 heavy (non-hydrogen) atoms. The SMILES string of the molecule is O=C(COC(=O)c1ccoc1)c1ccc(-c2ccc(Br)cc2)cc1. The molecule has 0 unspecified atom stereocenters. The minimum absolute atomic E-state index is 0.255. The summed E-state index contributed by atoms with van der Waals surface area (Å²) in [6, 6.07) is 16.6. The molecule has 0 aliphatic rings. The van der Waals surface area contributed by atoms with E-state index in [-0.39, 0.29) is 18.0 Å². The highest BCUT2D eigenvalue weighted by Crippen LogP contribution is 2.22. The predicted octanol–water partition coefficient (Wildman–Crippen LogP) is 4.75. The van der Waals surface area contributed by atoms with E-state index in [0.29, 0.717) is 5.56 Å². The van der Waals surface area contributed by atoms with Crippen LogP contribution in [0.25, 0.3) is 11.1 Å². The number of rotatable bonds is 5. The van der Waals surface area contributed by atoms with Crippen molar-refractivity contribution in [2.24, 2.45) is 0 Å². The highest BCUT2D eigenvalue weighted by Gasteiger charge is 2.12. The van der Waals surface area contributed by atoms with E-state index in [1.165, 1.54) is 18.6 Å². The second-order valence-electron chi connectivity index (χ2n) is 5.10. The molecule has 0 saturated heterocycles. The van der Waals surface area contributed by atoms with Crippen molar-refractivity contribution in [1.29, 1.82) is 0 Å². The summed E-state index contributed by atoms with van der Waals surface area (Å²) in [5.74, 6) is -0.835. The van der Waals surface area contributed by atoms with Crippen molar-refractivity contribution in [3.05, 3.63) is 82.7 Å². The zero-order valence-electron chi connectivity index (χ0n) is 12.6. The fourth-order valence-electron chi connectivity index (χ4n) is 2.17.